The molecule has 1 N–H and O–H groups in total. The molecule has 0 aliphatic rings. The van der Waals surface area contributed by atoms with Crippen molar-refractivity contribution >= 4 is 15.9 Å². The monoisotopic (exact) mass is 339 g/mol. The minimum absolute atomic E-state index is 0.320. The lowest BCUT2D eigenvalue weighted by atomic mass is 10.1. The smallest absolute Gasteiger partial charge is 0.231 e. The van der Waals surface area contributed by atoms with Crippen LogP contribution in [0.3, 0.4) is 0 Å². The van der Waals surface area contributed by atoms with Gasteiger partial charge in [0.1, 0.15) is 5.75 Å². The Kier molecular flexibility index (Phi) is 5.14. The zero-order valence-corrected chi connectivity index (χ0v) is 13.4. The number of rotatable bonds is 6. The van der Waals surface area contributed by atoms with Crippen molar-refractivity contribution in [1.29, 1.82) is 0 Å². The van der Waals surface area contributed by atoms with Crippen molar-refractivity contribution in [3.8, 4) is 5.75 Å². The number of nitrogens with one attached hydrogen (secondary N) is 1. The summed E-state index contributed by atoms with van der Waals surface area (Å²) in [4.78, 5) is 4.41. The van der Waals surface area contributed by atoms with E-state index >= 15 is 0 Å². The van der Waals surface area contributed by atoms with E-state index in [0.717, 1.165) is 28.0 Å². The number of methoxy groups -OCH3 is 1. The van der Waals surface area contributed by atoms with Crippen molar-refractivity contribution in [3.63, 3.8) is 0 Å². The lowest BCUT2D eigenvalue weighted by molar-refractivity contribution is 0.372. The molecule has 2 aromatic rings. The van der Waals surface area contributed by atoms with Gasteiger partial charge in [0.15, 0.2) is 5.82 Å². The van der Waals surface area contributed by atoms with Crippen LogP contribution >= 0.6 is 15.9 Å². The Morgan fingerprint density at radius 3 is 2.95 bits per heavy atom. The van der Waals surface area contributed by atoms with Crippen LogP contribution in [0.5, 0.6) is 5.75 Å². The molecule has 0 fully saturated rings. The van der Waals surface area contributed by atoms with Crippen molar-refractivity contribution < 1.29 is 9.26 Å². The fourth-order valence-electron chi connectivity index (χ4n) is 1.87. The van der Waals surface area contributed by atoms with Gasteiger partial charge in [-0.2, -0.15) is 4.98 Å². The van der Waals surface area contributed by atoms with Gasteiger partial charge < -0.3 is 14.6 Å². The normalized spacial score (nSPS) is 12.4. The van der Waals surface area contributed by atoms with Crippen molar-refractivity contribution in [2.75, 3.05) is 14.2 Å². The molecule has 5 nitrogen and oxygen atoms in total. The van der Waals surface area contributed by atoms with Gasteiger partial charge in [0.25, 0.3) is 0 Å². The molecule has 0 radical (unpaired) electrons. The highest BCUT2D eigenvalue weighted by Gasteiger charge is 2.12. The summed E-state index contributed by atoms with van der Waals surface area (Å²) in [5.74, 6) is 2.13. The van der Waals surface area contributed by atoms with Gasteiger partial charge in [-0.25, -0.2) is 0 Å². The summed E-state index contributed by atoms with van der Waals surface area (Å²) in [6.07, 6.45) is 1.30. The Morgan fingerprint density at radius 1 is 1.45 bits per heavy atom. The van der Waals surface area contributed by atoms with Crippen LogP contribution in [0.25, 0.3) is 0 Å². The van der Waals surface area contributed by atoms with E-state index in [-0.39, 0.29) is 0 Å². The van der Waals surface area contributed by atoms with Crippen LogP contribution in [0.15, 0.2) is 27.2 Å². The van der Waals surface area contributed by atoms with Gasteiger partial charge in [-0.1, -0.05) is 21.1 Å². The van der Waals surface area contributed by atoms with Crippen LogP contribution in [-0.2, 0) is 12.8 Å². The molecule has 0 spiro atoms. The Bertz CT molecular complexity index is 571. The fraction of sp³-hybridized carbons (Fsp3) is 0.429. The minimum atomic E-state index is 0.320. The van der Waals surface area contributed by atoms with E-state index in [0.29, 0.717) is 18.4 Å². The standard InChI is InChI=1S/C14H18BrN3O2/c1-9(16-2)6-13-17-14(20-18-13)8-10-7-11(15)4-5-12(10)19-3/h4-5,7,9,16H,6,8H2,1-3H3. The van der Waals surface area contributed by atoms with Crippen molar-refractivity contribution in [3.05, 3.63) is 40.0 Å². The lowest BCUT2D eigenvalue weighted by Crippen LogP contribution is -2.24. The summed E-state index contributed by atoms with van der Waals surface area (Å²) in [5.41, 5.74) is 1.01. The molecule has 2 rings (SSSR count). The predicted molar refractivity (Wildman–Crippen MR) is 80.0 cm³/mol. The largest absolute Gasteiger partial charge is 0.496 e. The third kappa shape index (κ3) is 3.80. The molecule has 0 saturated carbocycles. The number of benzene rings is 1. The Hall–Kier alpha value is -1.40. The van der Waals surface area contributed by atoms with Gasteiger partial charge in [-0.15, -0.1) is 0 Å². The van der Waals surface area contributed by atoms with Gasteiger partial charge in [-0.05, 0) is 32.2 Å². The number of aromatic nitrogens is 2. The molecule has 6 heteroatoms. The SMILES string of the molecule is CNC(C)Cc1noc(Cc2cc(Br)ccc2OC)n1. The maximum Gasteiger partial charge on any atom is 0.231 e. The summed E-state index contributed by atoms with van der Waals surface area (Å²) >= 11 is 3.46. The highest BCUT2D eigenvalue weighted by atomic mass is 79.9. The quantitative estimate of drug-likeness (QED) is 0.876. The number of halogens is 1. The van der Waals surface area contributed by atoms with Crippen molar-refractivity contribution in [2.24, 2.45) is 0 Å². The number of hydrogen-bond donors (Lipinski definition) is 1. The van der Waals surface area contributed by atoms with E-state index < -0.39 is 0 Å². The van der Waals surface area contributed by atoms with E-state index in [2.05, 4.69) is 38.3 Å². The highest BCUT2D eigenvalue weighted by molar-refractivity contribution is 9.10. The maximum atomic E-state index is 5.34. The van der Waals surface area contributed by atoms with Crippen molar-refractivity contribution in [2.45, 2.75) is 25.8 Å². The van der Waals surface area contributed by atoms with E-state index in [1.54, 1.807) is 7.11 Å². The molecule has 1 aromatic carbocycles. The average molecular weight is 340 g/mol. The molecule has 0 aliphatic carbocycles. The first-order valence-electron chi connectivity index (χ1n) is 6.43. The van der Waals surface area contributed by atoms with Crippen LogP contribution in [0.4, 0.5) is 0 Å². The number of hydrogen-bond acceptors (Lipinski definition) is 5. The minimum Gasteiger partial charge on any atom is -0.496 e. The van der Waals surface area contributed by atoms with E-state index in [1.165, 1.54) is 0 Å². The summed E-state index contributed by atoms with van der Waals surface area (Å²) in [6.45, 7) is 2.08. The van der Waals surface area contributed by atoms with Gasteiger partial charge in [0, 0.05) is 22.5 Å². The molecule has 0 aliphatic heterocycles. The predicted octanol–water partition coefficient (Wildman–Crippen LogP) is 2.58. The Labute approximate surface area is 126 Å². The Balaban J connectivity index is 2.12. The van der Waals surface area contributed by atoms with Gasteiger partial charge in [0.05, 0.1) is 13.5 Å². The van der Waals surface area contributed by atoms with Crippen molar-refractivity contribution in [1.82, 2.24) is 15.5 Å². The molecule has 1 unspecified atom stereocenters. The molecule has 0 saturated heterocycles. The molecule has 1 aromatic heterocycles. The highest BCUT2D eigenvalue weighted by Crippen LogP contribution is 2.25. The zero-order chi connectivity index (χ0) is 14.5. The van der Waals surface area contributed by atoms with E-state index in [1.807, 2.05) is 25.2 Å². The second-order valence-corrected chi connectivity index (χ2v) is 5.55. The molecule has 1 heterocycles. The van der Waals surface area contributed by atoms with Crippen LogP contribution in [-0.4, -0.2) is 30.3 Å². The summed E-state index contributed by atoms with van der Waals surface area (Å²) in [6, 6.07) is 6.18. The number of ether oxygens (including phenoxy) is 1. The molecular weight excluding hydrogens is 322 g/mol. The third-order valence-corrected chi connectivity index (χ3v) is 3.57. The van der Waals surface area contributed by atoms with Gasteiger partial charge in [-0.3, -0.25) is 0 Å². The van der Waals surface area contributed by atoms with Gasteiger partial charge >= 0.3 is 0 Å². The summed E-state index contributed by atoms with van der Waals surface area (Å²) in [7, 11) is 3.57. The fourth-order valence-corrected chi connectivity index (χ4v) is 2.28. The number of likely N-dealkylation sites (N-methyl/N-ethyl adjacent to an activating group) is 1. The third-order valence-electron chi connectivity index (χ3n) is 3.08. The van der Waals surface area contributed by atoms with E-state index in [4.69, 9.17) is 9.26 Å². The summed E-state index contributed by atoms with van der Waals surface area (Å²) in [5, 5.41) is 7.15. The Morgan fingerprint density at radius 2 is 2.25 bits per heavy atom. The van der Waals surface area contributed by atoms with Gasteiger partial charge in [0.2, 0.25) is 5.89 Å². The zero-order valence-electron chi connectivity index (χ0n) is 11.8. The average Bonchev–Trinajstić information content (AvgIpc) is 2.86. The number of nitrogens with zero attached hydrogens (tertiary/aromatic N) is 2. The van der Waals surface area contributed by atoms with E-state index in [9.17, 15) is 0 Å². The van der Waals surface area contributed by atoms with Crippen LogP contribution < -0.4 is 10.1 Å². The maximum absolute atomic E-state index is 5.34. The van der Waals surface area contributed by atoms with Crippen LogP contribution in [0.1, 0.15) is 24.2 Å². The lowest BCUT2D eigenvalue weighted by Gasteiger charge is -2.06. The topological polar surface area (TPSA) is 60.2 Å². The molecule has 0 amide bonds. The van der Waals surface area contributed by atoms with Crippen LogP contribution in [0.2, 0.25) is 0 Å². The molecule has 1 atom stereocenters. The summed E-state index contributed by atoms with van der Waals surface area (Å²) < 4.78 is 11.6. The molecule has 0 bridgehead atoms. The molecular formula is C14H18BrN3O2. The first kappa shape index (κ1) is 15.0. The molecule has 108 valence electrons. The van der Waals surface area contributed by atoms with Crippen LogP contribution in [0, 0.1) is 0 Å². The second-order valence-electron chi connectivity index (χ2n) is 4.63. The first-order chi connectivity index (χ1) is 9.62. The first-order valence-corrected chi connectivity index (χ1v) is 7.22. The second kappa shape index (κ2) is 6.85. The molecule has 20 heavy (non-hydrogen) atoms.